The molecule has 1 saturated heterocycles. The second-order valence-corrected chi connectivity index (χ2v) is 4.63. The number of hydrogen-bond donors (Lipinski definition) is 1. The molecule has 0 aliphatic carbocycles. The molecule has 0 saturated carbocycles. The van der Waals surface area contributed by atoms with Gasteiger partial charge in [0.1, 0.15) is 11.7 Å². The van der Waals surface area contributed by atoms with E-state index in [0.29, 0.717) is 6.42 Å². The first kappa shape index (κ1) is 12.2. The van der Waals surface area contributed by atoms with Crippen molar-refractivity contribution < 1.29 is 13.9 Å². The second kappa shape index (κ2) is 5.25. The maximum Gasteiger partial charge on any atom is 0.326 e. The van der Waals surface area contributed by atoms with Gasteiger partial charge in [-0.25, -0.2) is 4.39 Å². The highest BCUT2D eigenvalue weighted by molar-refractivity contribution is 14.1. The van der Waals surface area contributed by atoms with Crippen molar-refractivity contribution in [2.45, 2.75) is 31.0 Å². The zero-order valence-corrected chi connectivity index (χ0v) is 10.3. The Labute approximate surface area is 96.9 Å². The standard InChI is InChI=1S/C9H15FINO2/c1-14-8(13)9(3-2-4-11)5-7(10)6-12-9/h7,12H,2-6H2,1H3/t7-,9-/m0/s1. The first-order chi connectivity index (χ1) is 6.64. The summed E-state index contributed by atoms with van der Waals surface area (Å²) in [6, 6.07) is 0. The molecule has 0 unspecified atom stereocenters. The summed E-state index contributed by atoms with van der Waals surface area (Å²) in [5, 5.41) is 2.95. The average Bonchev–Trinajstić information content (AvgIpc) is 2.57. The van der Waals surface area contributed by atoms with E-state index in [4.69, 9.17) is 4.74 Å². The minimum atomic E-state index is -0.927. The van der Waals surface area contributed by atoms with Gasteiger partial charge in [0.05, 0.1) is 7.11 Å². The maximum atomic E-state index is 13.1. The molecule has 0 aromatic carbocycles. The predicted molar refractivity (Wildman–Crippen MR) is 60.4 cm³/mol. The van der Waals surface area contributed by atoms with Crippen LogP contribution in [0, 0.1) is 0 Å². The molecule has 1 aliphatic rings. The number of alkyl halides is 2. The monoisotopic (exact) mass is 315 g/mol. The molecule has 0 aromatic rings. The van der Waals surface area contributed by atoms with Gasteiger partial charge in [-0.3, -0.25) is 10.1 Å². The molecule has 5 heteroatoms. The third-order valence-electron chi connectivity index (χ3n) is 2.55. The van der Waals surface area contributed by atoms with E-state index < -0.39 is 11.7 Å². The topological polar surface area (TPSA) is 38.3 Å². The van der Waals surface area contributed by atoms with Gasteiger partial charge in [0.25, 0.3) is 0 Å². The van der Waals surface area contributed by atoms with E-state index in [2.05, 4.69) is 27.9 Å². The van der Waals surface area contributed by atoms with Gasteiger partial charge >= 0.3 is 5.97 Å². The molecular weight excluding hydrogens is 300 g/mol. The Balaban J connectivity index is 2.65. The van der Waals surface area contributed by atoms with E-state index in [-0.39, 0.29) is 18.9 Å². The largest absolute Gasteiger partial charge is 0.468 e. The molecular formula is C9H15FINO2. The van der Waals surface area contributed by atoms with Crippen molar-refractivity contribution in [1.29, 1.82) is 0 Å². The molecule has 0 radical (unpaired) electrons. The summed E-state index contributed by atoms with van der Waals surface area (Å²) in [6.45, 7) is 0.260. The number of carbonyl (C=O) groups is 1. The minimum Gasteiger partial charge on any atom is -0.468 e. The highest BCUT2D eigenvalue weighted by Gasteiger charge is 2.45. The fraction of sp³-hybridized carbons (Fsp3) is 0.889. The van der Waals surface area contributed by atoms with Gasteiger partial charge in [0, 0.05) is 13.0 Å². The highest BCUT2D eigenvalue weighted by Crippen LogP contribution is 2.28. The molecule has 0 aromatic heterocycles. The van der Waals surface area contributed by atoms with Crippen molar-refractivity contribution in [3.8, 4) is 0 Å². The van der Waals surface area contributed by atoms with Crippen molar-refractivity contribution in [2.24, 2.45) is 0 Å². The van der Waals surface area contributed by atoms with Crippen LogP contribution in [0.2, 0.25) is 0 Å². The van der Waals surface area contributed by atoms with Gasteiger partial charge in [-0.15, -0.1) is 0 Å². The normalized spacial score (nSPS) is 31.8. The van der Waals surface area contributed by atoms with Gasteiger partial charge in [0.15, 0.2) is 0 Å². The Bertz CT molecular complexity index is 215. The fourth-order valence-corrected chi connectivity index (χ4v) is 2.22. The summed E-state index contributed by atoms with van der Waals surface area (Å²) in [5.74, 6) is -0.331. The molecule has 0 spiro atoms. The lowest BCUT2D eigenvalue weighted by Gasteiger charge is -2.25. The molecule has 0 amide bonds. The van der Waals surface area contributed by atoms with Crippen LogP contribution in [0.1, 0.15) is 19.3 Å². The Morgan fingerprint density at radius 1 is 1.79 bits per heavy atom. The van der Waals surface area contributed by atoms with Crippen LogP contribution in [0.5, 0.6) is 0 Å². The average molecular weight is 315 g/mol. The van der Waals surface area contributed by atoms with Crippen LogP contribution >= 0.6 is 22.6 Å². The molecule has 82 valence electrons. The number of carbonyl (C=O) groups excluding carboxylic acids is 1. The molecule has 1 rings (SSSR count). The number of halogens is 2. The van der Waals surface area contributed by atoms with Gasteiger partial charge in [-0.2, -0.15) is 0 Å². The number of ether oxygens (including phenoxy) is 1. The van der Waals surface area contributed by atoms with Gasteiger partial charge in [-0.1, -0.05) is 22.6 Å². The molecule has 1 aliphatic heterocycles. The Hall–Kier alpha value is 0.0900. The van der Waals surface area contributed by atoms with Crippen molar-refractivity contribution in [3.05, 3.63) is 0 Å². The summed E-state index contributed by atoms with van der Waals surface area (Å²) in [7, 11) is 1.35. The van der Waals surface area contributed by atoms with Crippen molar-refractivity contribution in [3.63, 3.8) is 0 Å². The zero-order valence-electron chi connectivity index (χ0n) is 8.19. The number of methoxy groups -OCH3 is 1. The molecule has 2 atom stereocenters. The summed E-state index contributed by atoms with van der Waals surface area (Å²) in [6.07, 6.45) is 0.873. The molecule has 0 bridgehead atoms. The van der Waals surface area contributed by atoms with E-state index in [1.807, 2.05) is 0 Å². The third-order valence-corrected chi connectivity index (χ3v) is 3.31. The first-order valence-corrected chi connectivity index (χ1v) is 6.20. The minimum absolute atomic E-state index is 0.246. The highest BCUT2D eigenvalue weighted by atomic mass is 127. The van der Waals surface area contributed by atoms with E-state index in [0.717, 1.165) is 10.8 Å². The van der Waals surface area contributed by atoms with E-state index in [1.54, 1.807) is 0 Å². The number of nitrogens with one attached hydrogen (secondary N) is 1. The lowest BCUT2D eigenvalue weighted by molar-refractivity contribution is -0.148. The van der Waals surface area contributed by atoms with Crippen molar-refractivity contribution in [1.82, 2.24) is 5.32 Å². The van der Waals surface area contributed by atoms with Gasteiger partial charge < -0.3 is 4.74 Å². The van der Waals surface area contributed by atoms with Crippen LogP contribution in [-0.2, 0) is 9.53 Å². The lowest BCUT2D eigenvalue weighted by Crippen LogP contribution is -2.48. The Morgan fingerprint density at radius 2 is 2.50 bits per heavy atom. The molecule has 1 heterocycles. The third kappa shape index (κ3) is 2.56. The van der Waals surface area contributed by atoms with Crippen LogP contribution < -0.4 is 5.32 Å². The number of rotatable bonds is 4. The number of hydrogen-bond acceptors (Lipinski definition) is 3. The fourth-order valence-electron chi connectivity index (χ4n) is 1.84. The van der Waals surface area contributed by atoms with E-state index >= 15 is 0 Å². The smallest absolute Gasteiger partial charge is 0.326 e. The number of esters is 1. The van der Waals surface area contributed by atoms with Crippen LogP contribution in [-0.4, -0.2) is 35.8 Å². The lowest BCUT2D eigenvalue weighted by atomic mass is 9.92. The summed E-state index contributed by atoms with van der Waals surface area (Å²) >= 11 is 2.25. The van der Waals surface area contributed by atoms with Crippen molar-refractivity contribution in [2.75, 3.05) is 18.1 Å². The summed E-state index contributed by atoms with van der Waals surface area (Å²) in [5.41, 5.74) is -0.765. The quantitative estimate of drug-likeness (QED) is 0.485. The maximum absolute atomic E-state index is 13.1. The molecule has 3 nitrogen and oxygen atoms in total. The SMILES string of the molecule is COC(=O)[C@]1(CCCI)C[C@H](F)CN1. The zero-order chi connectivity index (χ0) is 10.6. The van der Waals surface area contributed by atoms with Crippen molar-refractivity contribution >= 4 is 28.6 Å². The predicted octanol–water partition coefficient (Wildman–Crippen LogP) is 1.44. The second-order valence-electron chi connectivity index (χ2n) is 3.55. The summed E-state index contributed by atoms with van der Waals surface area (Å²) < 4.78 is 18.8. The molecule has 14 heavy (non-hydrogen) atoms. The molecule has 1 N–H and O–H groups in total. The van der Waals surface area contributed by atoms with Crippen LogP contribution in [0.15, 0.2) is 0 Å². The Kier molecular flexibility index (Phi) is 4.56. The first-order valence-electron chi connectivity index (χ1n) is 4.68. The van der Waals surface area contributed by atoms with Crippen LogP contribution in [0.3, 0.4) is 0 Å². The van der Waals surface area contributed by atoms with Gasteiger partial charge in [-0.05, 0) is 17.3 Å². The van der Waals surface area contributed by atoms with Crippen LogP contribution in [0.25, 0.3) is 0 Å². The van der Waals surface area contributed by atoms with Crippen LogP contribution in [0.4, 0.5) is 4.39 Å². The van der Waals surface area contributed by atoms with E-state index in [9.17, 15) is 9.18 Å². The Morgan fingerprint density at radius 3 is 2.93 bits per heavy atom. The summed E-state index contributed by atoms with van der Waals surface area (Å²) in [4.78, 5) is 11.5. The molecule has 1 fully saturated rings. The van der Waals surface area contributed by atoms with E-state index in [1.165, 1.54) is 7.11 Å². The van der Waals surface area contributed by atoms with Gasteiger partial charge in [0.2, 0.25) is 0 Å².